The zero-order valence-corrected chi connectivity index (χ0v) is 11.7. The van der Waals surface area contributed by atoms with E-state index in [-0.39, 0.29) is 40.0 Å². The Morgan fingerprint density at radius 2 is 1.94 bits per heavy atom. The summed E-state index contributed by atoms with van der Waals surface area (Å²) in [5.41, 5.74) is 0.272. The van der Waals surface area contributed by atoms with Crippen molar-refractivity contribution in [1.29, 1.82) is 5.26 Å². The van der Waals surface area contributed by atoms with Crippen molar-refractivity contribution in [2.75, 3.05) is 7.05 Å². The molecule has 0 radical (unpaired) electrons. The minimum absolute atomic E-state index is 0. The summed E-state index contributed by atoms with van der Waals surface area (Å²) < 4.78 is 21.0. The molecule has 5 nitrogen and oxygen atoms in total. The van der Waals surface area contributed by atoms with Crippen LogP contribution in [0.15, 0.2) is 29.2 Å². The van der Waals surface area contributed by atoms with Gasteiger partial charge in [-0.25, -0.2) is 4.90 Å². The number of hydrogen-bond acceptors (Lipinski definition) is 4. The van der Waals surface area contributed by atoms with Gasteiger partial charge in [-0.2, -0.15) is 5.26 Å². The van der Waals surface area contributed by atoms with E-state index in [0.29, 0.717) is 0 Å². The van der Waals surface area contributed by atoms with Gasteiger partial charge in [0.05, 0.1) is 0 Å². The first kappa shape index (κ1) is 15.3. The van der Waals surface area contributed by atoms with E-state index in [1.54, 1.807) is 6.19 Å². The maximum atomic E-state index is 11.4. The van der Waals surface area contributed by atoms with Crippen LogP contribution in [0, 0.1) is 11.5 Å². The predicted octanol–water partition coefficient (Wildman–Crippen LogP) is -2.52. The van der Waals surface area contributed by atoms with Crippen LogP contribution >= 0.6 is 0 Å². The molecule has 0 heterocycles. The van der Waals surface area contributed by atoms with E-state index in [2.05, 4.69) is 0 Å². The normalized spacial score (nSPS) is 10.8. The number of hydrogen-bond donors (Lipinski definition) is 0. The summed E-state index contributed by atoms with van der Waals surface area (Å²) in [5.74, 6) is -0.472. The molecular weight excluding hydrogens is 239 g/mol. The fraction of sp³-hybridized carbons (Fsp3) is 0.111. The number of rotatable bonds is 2. The van der Waals surface area contributed by atoms with Gasteiger partial charge in [0.15, 0.2) is 6.19 Å². The van der Waals surface area contributed by atoms with Gasteiger partial charge in [-0.3, -0.25) is 9.00 Å². The second-order valence-corrected chi connectivity index (χ2v) is 3.66. The molecule has 1 aromatic rings. The van der Waals surface area contributed by atoms with Crippen LogP contribution in [0.2, 0.25) is 0 Å². The minimum Gasteiger partial charge on any atom is -0.768 e. The van der Waals surface area contributed by atoms with Gasteiger partial charge < -0.3 is 4.55 Å². The summed E-state index contributed by atoms with van der Waals surface area (Å²) in [4.78, 5) is 12.4. The zero-order chi connectivity index (χ0) is 11.4. The average Bonchev–Trinajstić information content (AvgIpc) is 2.27. The number of benzene rings is 1. The van der Waals surface area contributed by atoms with Gasteiger partial charge in [-0.05, 0) is 35.3 Å². The van der Waals surface area contributed by atoms with Gasteiger partial charge in [0.25, 0.3) is 5.91 Å². The SMILES string of the molecule is CN(C#N)C(=O)c1ccc(S(=O)[O-])cc1.[Na+]. The summed E-state index contributed by atoms with van der Waals surface area (Å²) in [5, 5.41) is 8.47. The number of nitrogens with zero attached hydrogens (tertiary/aromatic N) is 2. The Hall–Kier alpha value is -0.710. The molecule has 0 bridgehead atoms. The minimum atomic E-state index is -2.30. The van der Waals surface area contributed by atoms with Crippen LogP contribution in [0.5, 0.6) is 0 Å². The zero-order valence-electron chi connectivity index (χ0n) is 8.84. The summed E-state index contributed by atoms with van der Waals surface area (Å²) in [7, 11) is 1.34. The van der Waals surface area contributed by atoms with Gasteiger partial charge in [0, 0.05) is 17.5 Å². The van der Waals surface area contributed by atoms with Crippen molar-refractivity contribution < 1.29 is 43.1 Å². The fourth-order valence-corrected chi connectivity index (χ4v) is 1.31. The number of carbonyl (C=O) groups excluding carboxylic acids is 1. The molecule has 0 spiro atoms. The molecule has 1 aromatic carbocycles. The molecule has 78 valence electrons. The number of nitriles is 1. The average molecular weight is 246 g/mol. The fourth-order valence-electron chi connectivity index (χ4n) is 0.948. The van der Waals surface area contributed by atoms with E-state index >= 15 is 0 Å². The first-order valence-electron chi connectivity index (χ1n) is 3.93. The molecule has 0 fully saturated rings. The molecule has 0 aliphatic carbocycles. The summed E-state index contributed by atoms with van der Waals surface area (Å²) in [6.45, 7) is 0. The van der Waals surface area contributed by atoms with E-state index in [0.717, 1.165) is 4.90 Å². The third kappa shape index (κ3) is 3.70. The number of carbonyl (C=O) groups is 1. The van der Waals surface area contributed by atoms with E-state index < -0.39 is 17.0 Å². The molecule has 1 atom stereocenters. The topological polar surface area (TPSA) is 84.2 Å². The largest absolute Gasteiger partial charge is 1.00 e. The summed E-state index contributed by atoms with van der Waals surface area (Å²) in [6, 6.07) is 5.34. The smallest absolute Gasteiger partial charge is 0.768 e. The van der Waals surface area contributed by atoms with Crippen molar-refractivity contribution in [2.24, 2.45) is 0 Å². The Labute approximate surface area is 118 Å². The van der Waals surface area contributed by atoms with Gasteiger partial charge in [-0.15, -0.1) is 0 Å². The molecule has 1 unspecified atom stereocenters. The summed E-state index contributed by atoms with van der Waals surface area (Å²) in [6.07, 6.45) is 1.66. The molecule has 0 aromatic heterocycles. The van der Waals surface area contributed by atoms with Gasteiger partial charge in [0.1, 0.15) is 0 Å². The van der Waals surface area contributed by atoms with Crippen LogP contribution in [-0.2, 0) is 11.1 Å². The molecule has 0 N–H and O–H groups in total. The van der Waals surface area contributed by atoms with Crippen molar-refractivity contribution in [1.82, 2.24) is 4.90 Å². The van der Waals surface area contributed by atoms with Gasteiger partial charge in [0.2, 0.25) is 0 Å². The van der Waals surface area contributed by atoms with Crippen molar-refractivity contribution in [2.45, 2.75) is 4.90 Å². The van der Waals surface area contributed by atoms with Crippen LogP contribution in [0.25, 0.3) is 0 Å². The molecule has 0 aliphatic rings. The Morgan fingerprint density at radius 1 is 1.44 bits per heavy atom. The van der Waals surface area contributed by atoms with Crippen LogP contribution in [0.3, 0.4) is 0 Å². The Bertz CT molecular complexity index is 441. The van der Waals surface area contributed by atoms with E-state index in [9.17, 15) is 13.6 Å². The van der Waals surface area contributed by atoms with Gasteiger partial charge >= 0.3 is 29.6 Å². The Morgan fingerprint density at radius 3 is 2.31 bits per heavy atom. The quantitative estimate of drug-likeness (QED) is 0.249. The molecule has 0 saturated carbocycles. The second kappa shape index (κ2) is 6.78. The van der Waals surface area contributed by atoms with Crippen LogP contribution in [0.4, 0.5) is 0 Å². The van der Waals surface area contributed by atoms with Crippen LogP contribution < -0.4 is 29.6 Å². The molecule has 1 rings (SSSR count). The van der Waals surface area contributed by atoms with Crippen molar-refractivity contribution in [3.05, 3.63) is 29.8 Å². The third-order valence-corrected chi connectivity index (χ3v) is 2.41. The molecule has 0 saturated heterocycles. The third-order valence-electron chi connectivity index (χ3n) is 1.75. The molecule has 16 heavy (non-hydrogen) atoms. The predicted molar refractivity (Wildman–Crippen MR) is 51.3 cm³/mol. The second-order valence-electron chi connectivity index (χ2n) is 2.72. The van der Waals surface area contributed by atoms with Crippen molar-refractivity contribution in [3.63, 3.8) is 0 Å². The van der Waals surface area contributed by atoms with Crippen molar-refractivity contribution >= 4 is 17.0 Å². The first-order valence-corrected chi connectivity index (χ1v) is 5.01. The van der Waals surface area contributed by atoms with Crippen LogP contribution in [0.1, 0.15) is 10.4 Å². The first-order chi connectivity index (χ1) is 7.06. The standard InChI is InChI=1S/C9H8N2O3S.Na/c1-11(6-10)9(12)7-2-4-8(5-3-7)15(13)14;/h2-5H,1H3,(H,13,14);/q;+1/p-1. The number of amides is 1. The molecular formula is C9H7N2NaO3S. The molecule has 1 amide bonds. The molecule has 7 heteroatoms. The maximum Gasteiger partial charge on any atom is 1.00 e. The van der Waals surface area contributed by atoms with E-state index in [1.165, 1.54) is 31.3 Å². The monoisotopic (exact) mass is 246 g/mol. The molecule has 0 aliphatic heterocycles. The maximum absolute atomic E-state index is 11.4. The Kier molecular flexibility index (Phi) is 6.48. The Balaban J connectivity index is 0.00000225. The van der Waals surface area contributed by atoms with E-state index in [1.807, 2.05) is 0 Å². The van der Waals surface area contributed by atoms with Crippen molar-refractivity contribution in [3.8, 4) is 6.19 Å². The summed E-state index contributed by atoms with van der Waals surface area (Å²) >= 11 is -2.30. The van der Waals surface area contributed by atoms with Crippen LogP contribution in [-0.4, -0.2) is 26.6 Å². The van der Waals surface area contributed by atoms with E-state index in [4.69, 9.17) is 5.26 Å². The van der Waals surface area contributed by atoms with Gasteiger partial charge in [-0.1, -0.05) is 0 Å².